The number of halogens is 2. The lowest BCUT2D eigenvalue weighted by molar-refractivity contribution is -0.158. The second-order valence-corrected chi connectivity index (χ2v) is 17.1. The number of hydrogen-bond donors (Lipinski definition) is 5. The highest BCUT2D eigenvalue weighted by Gasteiger charge is 2.48. The van der Waals surface area contributed by atoms with E-state index in [1.54, 1.807) is 6.20 Å². The van der Waals surface area contributed by atoms with Gasteiger partial charge in [-0.05, 0) is 85.9 Å². The summed E-state index contributed by atoms with van der Waals surface area (Å²) < 4.78 is 36.4. The van der Waals surface area contributed by atoms with E-state index < -0.39 is 52.4 Å². The fraction of sp³-hybridized carbons (Fsp3) is 0.526. The van der Waals surface area contributed by atoms with E-state index in [2.05, 4.69) is 11.1 Å². The third-order valence-electron chi connectivity index (χ3n) is 9.66. The highest BCUT2D eigenvalue weighted by atomic mass is 35.5. The Kier molecular flexibility index (Phi) is 14.2. The van der Waals surface area contributed by atoms with E-state index in [0.717, 1.165) is 70.4 Å². The lowest BCUT2D eigenvalue weighted by Crippen LogP contribution is -2.53. The largest absolute Gasteiger partial charge is 0.490 e. The van der Waals surface area contributed by atoms with Crippen molar-refractivity contribution in [3.05, 3.63) is 81.6 Å². The van der Waals surface area contributed by atoms with Gasteiger partial charge in [0, 0.05) is 52.9 Å². The number of aromatic nitrogens is 1. The number of rotatable bonds is 21. The number of aliphatic hydroxyl groups is 5. The van der Waals surface area contributed by atoms with Gasteiger partial charge in [-0.25, -0.2) is 8.42 Å². The van der Waals surface area contributed by atoms with E-state index >= 15 is 0 Å². The number of amides is 1. The average molecular weight is 796 g/mol. The van der Waals surface area contributed by atoms with Gasteiger partial charge in [0.15, 0.2) is 6.10 Å². The first-order chi connectivity index (χ1) is 25.2. The molecule has 1 heterocycles. The number of hydrogen-bond acceptors (Lipinski definition) is 11. The molecule has 1 aromatic heterocycles. The van der Waals surface area contributed by atoms with Crippen LogP contribution in [0.15, 0.2) is 54.9 Å². The summed E-state index contributed by atoms with van der Waals surface area (Å²) in [5.74, 6) is -0.521. The van der Waals surface area contributed by atoms with Crippen molar-refractivity contribution in [1.82, 2.24) is 9.88 Å². The number of pyridine rings is 1. The normalized spacial score (nSPS) is 17.5. The molecule has 1 amide bonds. The Bertz CT molecular complexity index is 1820. The molecule has 4 atom stereocenters. The van der Waals surface area contributed by atoms with E-state index in [1.165, 1.54) is 0 Å². The molecule has 0 radical (unpaired) electrons. The number of nitrogens with zero attached hydrogens (tertiary/aromatic N) is 2. The Labute approximate surface area is 320 Å². The molecule has 2 saturated carbocycles. The van der Waals surface area contributed by atoms with Gasteiger partial charge in [0.05, 0.1) is 30.7 Å². The summed E-state index contributed by atoms with van der Waals surface area (Å²) in [6.07, 6.45) is 3.01. The average Bonchev–Trinajstić information content (AvgIpc) is 4.09. The predicted molar refractivity (Wildman–Crippen MR) is 200 cm³/mol. The van der Waals surface area contributed by atoms with E-state index in [1.807, 2.05) is 42.6 Å². The van der Waals surface area contributed by atoms with Gasteiger partial charge in [-0.1, -0.05) is 47.8 Å². The van der Waals surface area contributed by atoms with Gasteiger partial charge in [-0.2, -0.15) is 0 Å². The van der Waals surface area contributed by atoms with Gasteiger partial charge in [0.2, 0.25) is 0 Å². The van der Waals surface area contributed by atoms with Crippen LogP contribution in [0.5, 0.6) is 5.75 Å². The molecule has 0 bridgehead atoms. The van der Waals surface area contributed by atoms with Crippen LogP contribution in [-0.4, -0.2) is 112 Å². The number of aryl methyl sites for hydroxylation is 1. The maximum atomic E-state index is 13.0. The van der Waals surface area contributed by atoms with Gasteiger partial charge >= 0.3 is 0 Å². The van der Waals surface area contributed by atoms with Crippen molar-refractivity contribution in [1.29, 1.82) is 0 Å². The topological polar surface area (TPSA) is 187 Å². The highest BCUT2D eigenvalue weighted by Crippen LogP contribution is 2.53. The van der Waals surface area contributed by atoms with Crippen LogP contribution in [0, 0.1) is 0 Å². The quantitative estimate of drug-likeness (QED) is 0.0988. The van der Waals surface area contributed by atoms with Crippen molar-refractivity contribution < 1.29 is 48.2 Å². The molecular formula is C38H48Cl2N2O10S. The van der Waals surface area contributed by atoms with Crippen LogP contribution < -0.4 is 4.74 Å². The Morgan fingerprint density at radius 1 is 0.962 bits per heavy atom. The minimum Gasteiger partial charge on any atom is -0.490 e. The molecular weight excluding hydrogens is 747 g/mol. The van der Waals surface area contributed by atoms with E-state index in [4.69, 9.17) is 37.8 Å². The van der Waals surface area contributed by atoms with Crippen molar-refractivity contribution in [2.75, 3.05) is 31.7 Å². The van der Waals surface area contributed by atoms with Crippen LogP contribution in [0.25, 0.3) is 11.1 Å². The van der Waals surface area contributed by atoms with Gasteiger partial charge in [0.25, 0.3) is 5.91 Å². The standard InChI is InChI=1S/C38H48Cl2N2O10S/c1-53(49,50)18-17-42(37(48)36(47)35(46)34(45)32(44)22-43)16-6-2-3-7-24-19-31(40)25(20-30(24)39)23-51-38(13-14-38)29-21-41-15-12-27(29)28-8-4-5-9-33(28)52-26-10-11-26/h4-5,8-9,12,15,19-21,26,32,34-36,43-47H,2-3,6-7,10-11,13-14,16-18,22-23H2,1H3/t32-,34+,35-,36-/m0/s1. The molecule has 2 fully saturated rings. The van der Waals surface area contributed by atoms with E-state index in [-0.39, 0.29) is 31.6 Å². The molecule has 3 aromatic rings. The second kappa shape index (κ2) is 18.2. The third-order valence-corrected chi connectivity index (χ3v) is 11.3. The van der Waals surface area contributed by atoms with Crippen LogP contribution in [0.4, 0.5) is 0 Å². The Balaban J connectivity index is 1.16. The van der Waals surface area contributed by atoms with Gasteiger partial charge in [-0.15, -0.1) is 0 Å². The number of ether oxygens (including phenoxy) is 2. The number of unbranched alkanes of at least 4 members (excludes halogenated alkanes) is 2. The van der Waals surface area contributed by atoms with Gasteiger partial charge in [-0.3, -0.25) is 9.78 Å². The van der Waals surface area contributed by atoms with Crippen LogP contribution in [0.2, 0.25) is 10.0 Å². The van der Waals surface area contributed by atoms with Crippen LogP contribution in [0.3, 0.4) is 0 Å². The van der Waals surface area contributed by atoms with Crippen LogP contribution in [-0.2, 0) is 38.0 Å². The SMILES string of the molecule is CS(=O)(=O)CCN(CCCCCc1cc(Cl)c(COC2(c3cnccc3-c3ccccc3OC3CC3)CC2)cc1Cl)C(=O)[C@@H](O)[C@@H](O)[C@H](O)[C@@H](O)CO. The first-order valence-electron chi connectivity index (χ1n) is 17.8. The van der Waals surface area contributed by atoms with Crippen LogP contribution in [0.1, 0.15) is 61.6 Å². The molecule has 53 heavy (non-hydrogen) atoms. The maximum absolute atomic E-state index is 13.0. The molecule has 290 valence electrons. The Hall–Kier alpha value is -2.85. The molecule has 5 N–H and O–H groups in total. The summed E-state index contributed by atoms with van der Waals surface area (Å²) in [6.45, 7) is -0.818. The summed E-state index contributed by atoms with van der Waals surface area (Å²) in [5, 5.41) is 50.2. The summed E-state index contributed by atoms with van der Waals surface area (Å²) >= 11 is 13.5. The summed E-state index contributed by atoms with van der Waals surface area (Å²) in [7, 11) is -3.46. The smallest absolute Gasteiger partial charge is 0.254 e. The minimum absolute atomic E-state index is 0.0705. The van der Waals surface area contributed by atoms with Crippen molar-refractivity contribution in [3.63, 3.8) is 0 Å². The number of aliphatic hydroxyl groups excluding tert-OH is 5. The fourth-order valence-corrected chi connectivity index (χ4v) is 7.23. The molecule has 2 aliphatic rings. The molecule has 0 spiro atoms. The van der Waals surface area contributed by atoms with Crippen molar-refractivity contribution in [2.45, 2.75) is 94.1 Å². The molecule has 0 saturated heterocycles. The summed E-state index contributed by atoms with van der Waals surface area (Å²) in [6, 6.07) is 13.7. The van der Waals surface area contributed by atoms with E-state index in [9.17, 15) is 33.6 Å². The molecule has 2 aliphatic carbocycles. The lowest BCUT2D eigenvalue weighted by atomic mass is 9.96. The first-order valence-corrected chi connectivity index (χ1v) is 20.7. The van der Waals surface area contributed by atoms with Crippen molar-refractivity contribution >= 4 is 38.9 Å². The number of para-hydroxylation sites is 1. The van der Waals surface area contributed by atoms with E-state index in [0.29, 0.717) is 35.7 Å². The second-order valence-electron chi connectivity index (χ2n) is 14.0. The zero-order chi connectivity index (χ0) is 38.3. The number of carbonyl (C=O) groups is 1. The van der Waals surface area contributed by atoms with Crippen molar-refractivity contribution in [2.24, 2.45) is 0 Å². The molecule has 0 unspecified atom stereocenters. The molecule has 2 aromatic carbocycles. The monoisotopic (exact) mass is 794 g/mol. The Morgan fingerprint density at radius 3 is 2.34 bits per heavy atom. The van der Waals surface area contributed by atoms with Crippen molar-refractivity contribution in [3.8, 4) is 16.9 Å². The maximum Gasteiger partial charge on any atom is 0.254 e. The predicted octanol–water partition coefficient (Wildman–Crippen LogP) is 3.82. The number of benzene rings is 2. The zero-order valence-corrected chi connectivity index (χ0v) is 31.9. The molecule has 12 nitrogen and oxygen atoms in total. The van der Waals surface area contributed by atoms with Gasteiger partial charge in [0.1, 0.15) is 33.9 Å². The zero-order valence-electron chi connectivity index (χ0n) is 29.6. The highest BCUT2D eigenvalue weighted by molar-refractivity contribution is 7.90. The third kappa shape index (κ3) is 11.1. The summed E-state index contributed by atoms with van der Waals surface area (Å²) in [4.78, 5) is 18.5. The lowest BCUT2D eigenvalue weighted by Gasteiger charge is -2.30. The minimum atomic E-state index is -3.46. The first kappa shape index (κ1) is 41.3. The summed E-state index contributed by atoms with van der Waals surface area (Å²) in [5.41, 5.74) is 4.13. The molecule has 15 heteroatoms. The fourth-order valence-electron chi connectivity index (χ4n) is 6.16. The van der Waals surface area contributed by atoms with Gasteiger partial charge < -0.3 is 39.9 Å². The Morgan fingerprint density at radius 2 is 1.66 bits per heavy atom. The number of carbonyl (C=O) groups excluding carboxylic acids is 1. The molecule has 5 rings (SSSR count). The molecule has 0 aliphatic heterocycles. The number of sulfone groups is 1. The van der Waals surface area contributed by atoms with Crippen LogP contribution >= 0.6 is 23.2 Å².